The van der Waals surface area contributed by atoms with Gasteiger partial charge >= 0.3 is 5.97 Å². The molecule has 0 fully saturated rings. The largest absolute Gasteiger partial charge is 0.494 e. The van der Waals surface area contributed by atoms with Crippen LogP contribution in [0.4, 0.5) is 0 Å². The Balaban J connectivity index is 1.46. The zero-order chi connectivity index (χ0) is 25.6. The number of allylic oxidation sites excluding steroid dienone is 2. The average molecular weight is 487 g/mol. The second kappa shape index (κ2) is 14.8. The van der Waals surface area contributed by atoms with Crippen LogP contribution < -0.4 is 14.2 Å². The summed E-state index contributed by atoms with van der Waals surface area (Å²) in [6, 6.07) is 22.7. The molecule has 0 spiro atoms. The SMILES string of the molecule is CC/C=C\CCCCOc1ccc(OC(=O)c2ccc(-c3ccc(OC[C@@H](C)CC)cc3)cc2)cc1. The van der Waals surface area contributed by atoms with Crippen LogP contribution in [0.2, 0.25) is 0 Å². The summed E-state index contributed by atoms with van der Waals surface area (Å²) in [4.78, 5) is 12.6. The average Bonchev–Trinajstić information content (AvgIpc) is 2.92. The van der Waals surface area contributed by atoms with Crippen LogP contribution in [0.5, 0.6) is 17.2 Å². The molecule has 4 nitrogen and oxygen atoms in total. The third-order valence-corrected chi connectivity index (χ3v) is 6.01. The zero-order valence-corrected chi connectivity index (χ0v) is 21.7. The van der Waals surface area contributed by atoms with Crippen molar-refractivity contribution >= 4 is 5.97 Å². The van der Waals surface area contributed by atoms with Gasteiger partial charge in [0, 0.05) is 0 Å². The fourth-order valence-electron chi connectivity index (χ4n) is 3.51. The van der Waals surface area contributed by atoms with E-state index in [1.807, 2.05) is 48.5 Å². The fraction of sp³-hybridized carbons (Fsp3) is 0.344. The Kier molecular flexibility index (Phi) is 11.1. The van der Waals surface area contributed by atoms with E-state index in [1.54, 1.807) is 24.3 Å². The number of carbonyl (C=O) groups is 1. The maximum atomic E-state index is 12.6. The number of carbonyl (C=O) groups excluding carboxylic acids is 1. The van der Waals surface area contributed by atoms with E-state index < -0.39 is 0 Å². The molecular weight excluding hydrogens is 448 g/mol. The van der Waals surface area contributed by atoms with Crippen molar-refractivity contribution in [2.24, 2.45) is 5.92 Å². The molecule has 0 unspecified atom stereocenters. The normalized spacial score (nSPS) is 11.9. The van der Waals surface area contributed by atoms with Gasteiger partial charge in [-0.3, -0.25) is 0 Å². The van der Waals surface area contributed by atoms with Crippen molar-refractivity contribution in [1.82, 2.24) is 0 Å². The molecule has 4 heteroatoms. The lowest BCUT2D eigenvalue weighted by atomic mass is 10.0. The number of hydrogen-bond donors (Lipinski definition) is 0. The van der Waals surface area contributed by atoms with Gasteiger partial charge in [-0.1, -0.05) is 63.6 Å². The van der Waals surface area contributed by atoms with E-state index in [9.17, 15) is 4.79 Å². The van der Waals surface area contributed by atoms with Crippen LogP contribution in [0.3, 0.4) is 0 Å². The minimum absolute atomic E-state index is 0.385. The summed E-state index contributed by atoms with van der Waals surface area (Å²) in [6.07, 6.45) is 9.82. The Morgan fingerprint density at radius 3 is 1.97 bits per heavy atom. The van der Waals surface area contributed by atoms with Crippen molar-refractivity contribution in [1.29, 1.82) is 0 Å². The number of benzene rings is 3. The number of esters is 1. The molecule has 0 amide bonds. The van der Waals surface area contributed by atoms with E-state index in [0.717, 1.165) is 61.3 Å². The van der Waals surface area contributed by atoms with Crippen molar-refractivity contribution in [2.45, 2.75) is 52.9 Å². The Bertz CT molecular complexity index is 1070. The molecule has 0 aliphatic rings. The Morgan fingerprint density at radius 1 is 0.750 bits per heavy atom. The highest BCUT2D eigenvalue weighted by Gasteiger charge is 2.10. The molecule has 3 aromatic carbocycles. The van der Waals surface area contributed by atoms with Crippen LogP contribution in [0.15, 0.2) is 84.9 Å². The predicted molar refractivity (Wildman–Crippen MR) is 147 cm³/mol. The summed E-state index contributed by atoms with van der Waals surface area (Å²) >= 11 is 0. The minimum atomic E-state index is -0.385. The summed E-state index contributed by atoms with van der Waals surface area (Å²) in [6.45, 7) is 7.89. The smallest absolute Gasteiger partial charge is 0.343 e. The molecule has 1 atom stereocenters. The zero-order valence-electron chi connectivity index (χ0n) is 21.7. The van der Waals surface area contributed by atoms with Gasteiger partial charge < -0.3 is 14.2 Å². The maximum Gasteiger partial charge on any atom is 0.343 e. The monoisotopic (exact) mass is 486 g/mol. The maximum absolute atomic E-state index is 12.6. The summed E-state index contributed by atoms with van der Waals surface area (Å²) in [5, 5.41) is 0. The third-order valence-electron chi connectivity index (χ3n) is 6.01. The molecule has 3 rings (SSSR count). The van der Waals surface area contributed by atoms with Gasteiger partial charge in [-0.15, -0.1) is 0 Å². The second-order valence-corrected chi connectivity index (χ2v) is 9.01. The van der Waals surface area contributed by atoms with Crippen molar-refractivity contribution in [3.05, 3.63) is 90.5 Å². The molecule has 0 bridgehead atoms. The number of unbranched alkanes of at least 4 members (excludes halogenated alkanes) is 2. The van der Waals surface area contributed by atoms with E-state index in [2.05, 4.69) is 32.9 Å². The molecule has 0 N–H and O–H groups in total. The number of ether oxygens (including phenoxy) is 3. The topological polar surface area (TPSA) is 44.8 Å². The highest BCUT2D eigenvalue weighted by molar-refractivity contribution is 5.91. The molecule has 0 aliphatic carbocycles. The highest BCUT2D eigenvalue weighted by atomic mass is 16.5. The van der Waals surface area contributed by atoms with Crippen molar-refractivity contribution in [2.75, 3.05) is 13.2 Å². The summed E-state index contributed by atoms with van der Waals surface area (Å²) < 4.78 is 17.1. The first-order valence-electron chi connectivity index (χ1n) is 13.0. The van der Waals surface area contributed by atoms with Crippen molar-refractivity contribution in [3.8, 4) is 28.4 Å². The predicted octanol–water partition coefficient (Wildman–Crippen LogP) is 8.51. The first kappa shape index (κ1) is 27.1. The molecule has 190 valence electrons. The van der Waals surface area contributed by atoms with Gasteiger partial charge in [-0.25, -0.2) is 4.79 Å². The summed E-state index contributed by atoms with van der Waals surface area (Å²) in [5.74, 6) is 2.30. The van der Waals surface area contributed by atoms with Crippen molar-refractivity contribution < 1.29 is 19.0 Å². The molecule has 0 saturated heterocycles. The number of hydrogen-bond acceptors (Lipinski definition) is 4. The van der Waals surface area contributed by atoms with Gasteiger partial charge in [-0.05, 0) is 91.3 Å². The lowest BCUT2D eigenvalue weighted by Crippen LogP contribution is -2.08. The van der Waals surface area contributed by atoms with Crippen molar-refractivity contribution in [3.63, 3.8) is 0 Å². The standard InChI is InChI=1S/C32H38O4/c1-4-6-7-8-9-10-23-34-29-19-21-31(22-20-29)36-32(33)28-13-11-26(12-14-28)27-15-17-30(18-16-27)35-24-25(3)5-2/h6-7,11-22,25H,4-5,8-10,23-24H2,1-3H3/b7-6-/t25-/m0/s1. The molecule has 0 heterocycles. The van der Waals surface area contributed by atoms with Gasteiger partial charge in [0.25, 0.3) is 0 Å². The van der Waals surface area contributed by atoms with Crippen LogP contribution in [0, 0.1) is 5.92 Å². The molecule has 3 aromatic rings. The van der Waals surface area contributed by atoms with Crippen LogP contribution in [-0.2, 0) is 0 Å². The van der Waals surface area contributed by atoms with Gasteiger partial charge in [0.05, 0.1) is 18.8 Å². The van der Waals surface area contributed by atoms with E-state index in [-0.39, 0.29) is 5.97 Å². The Hall–Kier alpha value is -3.53. The number of rotatable bonds is 14. The molecular formula is C32H38O4. The van der Waals surface area contributed by atoms with E-state index in [0.29, 0.717) is 23.8 Å². The van der Waals surface area contributed by atoms with E-state index in [4.69, 9.17) is 14.2 Å². The molecule has 36 heavy (non-hydrogen) atoms. The van der Waals surface area contributed by atoms with Gasteiger partial charge in [0.15, 0.2) is 0 Å². The van der Waals surface area contributed by atoms with Crippen LogP contribution in [0.25, 0.3) is 11.1 Å². The quantitative estimate of drug-likeness (QED) is 0.0991. The Labute approximate surface area is 215 Å². The molecule has 0 radical (unpaired) electrons. The van der Waals surface area contributed by atoms with Gasteiger partial charge in [0.2, 0.25) is 0 Å². The summed E-state index contributed by atoms with van der Waals surface area (Å²) in [7, 11) is 0. The lowest BCUT2D eigenvalue weighted by molar-refractivity contribution is 0.0734. The van der Waals surface area contributed by atoms with Crippen LogP contribution >= 0.6 is 0 Å². The fourth-order valence-corrected chi connectivity index (χ4v) is 3.51. The first-order chi connectivity index (χ1) is 17.6. The summed E-state index contributed by atoms with van der Waals surface area (Å²) in [5.41, 5.74) is 2.60. The van der Waals surface area contributed by atoms with E-state index >= 15 is 0 Å². The lowest BCUT2D eigenvalue weighted by Gasteiger charge is -2.11. The minimum Gasteiger partial charge on any atom is -0.494 e. The molecule has 0 aromatic heterocycles. The van der Waals surface area contributed by atoms with Gasteiger partial charge in [-0.2, -0.15) is 0 Å². The second-order valence-electron chi connectivity index (χ2n) is 9.01. The molecule has 0 saturated carbocycles. The van der Waals surface area contributed by atoms with Crippen LogP contribution in [0.1, 0.15) is 63.2 Å². The first-order valence-corrected chi connectivity index (χ1v) is 13.0. The van der Waals surface area contributed by atoms with Gasteiger partial charge in [0.1, 0.15) is 17.2 Å². The molecule has 0 aliphatic heterocycles. The van der Waals surface area contributed by atoms with Crippen LogP contribution in [-0.4, -0.2) is 19.2 Å². The highest BCUT2D eigenvalue weighted by Crippen LogP contribution is 2.24. The Morgan fingerprint density at radius 2 is 1.33 bits per heavy atom. The van der Waals surface area contributed by atoms with E-state index in [1.165, 1.54) is 0 Å². The third kappa shape index (κ3) is 8.92.